The molecule has 0 radical (unpaired) electrons. The van der Waals surface area contributed by atoms with E-state index in [1.165, 1.54) is 15.6 Å². The predicted molar refractivity (Wildman–Crippen MR) is 83.8 cm³/mol. The van der Waals surface area contributed by atoms with Crippen LogP contribution in [0.1, 0.15) is 47.1 Å². The van der Waals surface area contributed by atoms with Crippen LogP contribution in [0.2, 0.25) is 0 Å². The summed E-state index contributed by atoms with van der Waals surface area (Å²) in [6.45, 7) is 0.597. The third kappa shape index (κ3) is 3.94. The molecule has 0 bridgehead atoms. The molecule has 0 unspecified atom stereocenters. The van der Waals surface area contributed by atoms with Gasteiger partial charge in [0.1, 0.15) is 0 Å². The summed E-state index contributed by atoms with van der Waals surface area (Å²) >= 11 is 0. The summed E-state index contributed by atoms with van der Waals surface area (Å²) in [6.07, 6.45) is -0.687. The molecule has 1 fully saturated rings. The summed E-state index contributed by atoms with van der Waals surface area (Å²) in [5.41, 5.74) is 5.85. The van der Waals surface area contributed by atoms with Crippen LogP contribution in [0.15, 0.2) is 12.3 Å². The van der Waals surface area contributed by atoms with Gasteiger partial charge >= 0.3 is 6.18 Å². The molecule has 3 N–H and O–H groups in total. The van der Waals surface area contributed by atoms with Gasteiger partial charge in [-0.3, -0.25) is 14.2 Å². The maximum atomic E-state index is 12.8. The molecule has 10 heteroatoms. The first-order valence-corrected chi connectivity index (χ1v) is 7.98. The Morgan fingerprint density at radius 1 is 1.40 bits per heavy atom. The molecule has 2 aromatic rings. The van der Waals surface area contributed by atoms with Crippen molar-refractivity contribution >= 4 is 11.6 Å². The number of nitrogens with zero attached hydrogens (tertiary/aromatic N) is 4. The molecule has 136 valence electrons. The first kappa shape index (κ1) is 17.3. The molecule has 7 nitrogen and oxygen atoms in total. The van der Waals surface area contributed by atoms with Crippen molar-refractivity contribution in [3.05, 3.63) is 29.3 Å². The predicted octanol–water partition coefficient (Wildman–Crippen LogP) is 1.92. The molecule has 0 spiro atoms. The van der Waals surface area contributed by atoms with Gasteiger partial charge in [0.25, 0.3) is 5.91 Å². The standard InChI is InChI=1S/C15H19F3N6O/c1-23-8-10(19)13(22-23)14(25)20-5-2-6-24-11(9-3-4-9)7-12(21-24)15(16,17)18/h7-9H,2-6,19H2,1H3,(H,20,25). The van der Waals surface area contributed by atoms with Crippen LogP contribution in [-0.2, 0) is 19.8 Å². The van der Waals surface area contributed by atoms with E-state index in [1.54, 1.807) is 7.05 Å². The fourth-order valence-corrected chi connectivity index (χ4v) is 2.65. The molecule has 1 aliphatic carbocycles. The maximum absolute atomic E-state index is 12.8. The third-order valence-electron chi connectivity index (χ3n) is 4.00. The molecule has 1 saturated carbocycles. The number of nitrogen functional groups attached to an aromatic ring is 1. The number of nitrogens with one attached hydrogen (secondary N) is 1. The van der Waals surface area contributed by atoms with E-state index in [4.69, 9.17) is 5.73 Å². The van der Waals surface area contributed by atoms with Crippen molar-refractivity contribution in [3.8, 4) is 0 Å². The van der Waals surface area contributed by atoms with Gasteiger partial charge in [-0.15, -0.1) is 0 Å². The second-order valence-electron chi connectivity index (χ2n) is 6.17. The first-order chi connectivity index (χ1) is 11.8. The van der Waals surface area contributed by atoms with Crippen LogP contribution >= 0.6 is 0 Å². The van der Waals surface area contributed by atoms with Gasteiger partial charge < -0.3 is 11.1 Å². The molecule has 0 atom stereocenters. The van der Waals surface area contributed by atoms with E-state index in [2.05, 4.69) is 15.5 Å². The quantitative estimate of drug-likeness (QED) is 0.774. The number of hydrogen-bond donors (Lipinski definition) is 2. The van der Waals surface area contributed by atoms with Gasteiger partial charge in [-0.05, 0) is 25.3 Å². The lowest BCUT2D eigenvalue weighted by Gasteiger charge is -2.07. The normalized spacial score (nSPS) is 14.7. The zero-order chi connectivity index (χ0) is 18.2. The van der Waals surface area contributed by atoms with E-state index in [0.717, 1.165) is 18.9 Å². The number of carbonyl (C=O) groups excluding carboxylic acids is 1. The van der Waals surface area contributed by atoms with Crippen LogP contribution in [0.4, 0.5) is 18.9 Å². The van der Waals surface area contributed by atoms with E-state index in [-0.39, 0.29) is 17.3 Å². The molecule has 25 heavy (non-hydrogen) atoms. The van der Waals surface area contributed by atoms with Crippen molar-refractivity contribution in [2.75, 3.05) is 12.3 Å². The van der Waals surface area contributed by atoms with E-state index in [9.17, 15) is 18.0 Å². The van der Waals surface area contributed by atoms with Crippen molar-refractivity contribution < 1.29 is 18.0 Å². The van der Waals surface area contributed by atoms with E-state index in [1.807, 2.05) is 0 Å². The second kappa shape index (κ2) is 6.41. The summed E-state index contributed by atoms with van der Waals surface area (Å²) < 4.78 is 41.3. The average molecular weight is 356 g/mol. The third-order valence-corrected chi connectivity index (χ3v) is 4.00. The van der Waals surface area contributed by atoms with Crippen LogP contribution in [0.5, 0.6) is 0 Å². The Morgan fingerprint density at radius 3 is 2.68 bits per heavy atom. The fourth-order valence-electron chi connectivity index (χ4n) is 2.65. The lowest BCUT2D eigenvalue weighted by atomic mass is 10.2. The van der Waals surface area contributed by atoms with Gasteiger partial charge in [-0.1, -0.05) is 0 Å². The number of aromatic nitrogens is 4. The highest BCUT2D eigenvalue weighted by Crippen LogP contribution is 2.42. The zero-order valence-corrected chi connectivity index (χ0v) is 13.7. The van der Waals surface area contributed by atoms with Gasteiger partial charge in [0.15, 0.2) is 11.4 Å². The highest BCUT2D eigenvalue weighted by molar-refractivity contribution is 5.96. The fraction of sp³-hybridized carbons (Fsp3) is 0.533. The number of halogens is 3. The lowest BCUT2D eigenvalue weighted by molar-refractivity contribution is -0.141. The highest BCUT2D eigenvalue weighted by Gasteiger charge is 2.37. The molecule has 1 amide bonds. The monoisotopic (exact) mass is 356 g/mol. The summed E-state index contributed by atoms with van der Waals surface area (Å²) in [4.78, 5) is 12.0. The first-order valence-electron chi connectivity index (χ1n) is 7.98. The average Bonchev–Trinajstić information content (AvgIpc) is 3.17. The number of hydrogen-bond acceptors (Lipinski definition) is 4. The minimum Gasteiger partial charge on any atom is -0.396 e. The minimum atomic E-state index is -4.44. The van der Waals surface area contributed by atoms with Gasteiger partial charge in [0, 0.05) is 37.9 Å². The van der Waals surface area contributed by atoms with Crippen LogP contribution in [-0.4, -0.2) is 32.0 Å². The van der Waals surface area contributed by atoms with Crippen molar-refractivity contribution in [2.45, 2.75) is 37.9 Å². The Labute approximate surface area is 142 Å². The van der Waals surface area contributed by atoms with Crippen molar-refractivity contribution in [1.82, 2.24) is 24.9 Å². The van der Waals surface area contributed by atoms with E-state index >= 15 is 0 Å². The van der Waals surface area contributed by atoms with Crippen LogP contribution in [0, 0.1) is 0 Å². The Bertz CT molecular complexity index is 775. The number of anilines is 1. The Morgan fingerprint density at radius 2 is 2.12 bits per heavy atom. The Hall–Kier alpha value is -2.52. The highest BCUT2D eigenvalue weighted by atomic mass is 19.4. The summed E-state index contributed by atoms with van der Waals surface area (Å²) in [5, 5.41) is 10.3. The topological polar surface area (TPSA) is 90.8 Å². The summed E-state index contributed by atoms with van der Waals surface area (Å²) in [5.74, 6) is -0.247. The van der Waals surface area contributed by atoms with Crippen LogP contribution in [0.3, 0.4) is 0 Å². The molecule has 0 saturated heterocycles. The van der Waals surface area contributed by atoms with Crippen LogP contribution in [0.25, 0.3) is 0 Å². The van der Waals surface area contributed by atoms with Crippen molar-refractivity contribution in [2.24, 2.45) is 7.05 Å². The summed E-state index contributed by atoms with van der Waals surface area (Å²) in [7, 11) is 1.66. The number of amides is 1. The molecule has 2 heterocycles. The summed E-state index contributed by atoms with van der Waals surface area (Å²) in [6, 6.07) is 1.13. The Kier molecular flexibility index (Phi) is 4.44. The minimum absolute atomic E-state index is 0.139. The number of carbonyl (C=O) groups is 1. The number of rotatable bonds is 6. The zero-order valence-electron chi connectivity index (χ0n) is 13.7. The number of nitrogens with two attached hydrogens (primary N) is 1. The second-order valence-corrected chi connectivity index (χ2v) is 6.17. The SMILES string of the molecule is Cn1cc(N)c(C(=O)NCCCn2nc(C(F)(F)F)cc2C2CC2)n1. The van der Waals surface area contributed by atoms with Gasteiger partial charge in [0.05, 0.1) is 5.69 Å². The smallest absolute Gasteiger partial charge is 0.396 e. The molecule has 0 aliphatic heterocycles. The number of alkyl halides is 3. The number of aryl methyl sites for hydroxylation is 2. The molecular weight excluding hydrogens is 337 g/mol. The van der Waals surface area contributed by atoms with Crippen molar-refractivity contribution in [3.63, 3.8) is 0 Å². The maximum Gasteiger partial charge on any atom is 0.435 e. The van der Waals surface area contributed by atoms with E-state index < -0.39 is 17.8 Å². The van der Waals surface area contributed by atoms with Gasteiger partial charge in [-0.25, -0.2) is 0 Å². The van der Waals surface area contributed by atoms with Gasteiger partial charge in [-0.2, -0.15) is 23.4 Å². The molecule has 2 aromatic heterocycles. The molecule has 0 aromatic carbocycles. The molecule has 1 aliphatic rings. The van der Waals surface area contributed by atoms with Crippen LogP contribution < -0.4 is 11.1 Å². The molecular formula is C15H19F3N6O. The lowest BCUT2D eigenvalue weighted by Crippen LogP contribution is -2.26. The van der Waals surface area contributed by atoms with E-state index in [0.29, 0.717) is 25.2 Å². The largest absolute Gasteiger partial charge is 0.435 e. The van der Waals surface area contributed by atoms with Gasteiger partial charge in [0.2, 0.25) is 0 Å². The Balaban J connectivity index is 1.56. The van der Waals surface area contributed by atoms with Crippen molar-refractivity contribution in [1.29, 1.82) is 0 Å². The molecule has 3 rings (SSSR count).